The standard InChI is InChI=1S/C19H30N2O2/c1-4-23-18(22)11-8-13-19(2,17-12-14-21(3)20-17)15-16-9-6-5-7-10-16/h8,11-12,14,16H,4-7,9-10,13,15H2,1-3H3/b11-8+. The molecular formula is C19H30N2O2. The molecule has 1 saturated carbocycles. The van der Waals surface area contributed by atoms with Gasteiger partial charge in [-0.3, -0.25) is 4.68 Å². The van der Waals surface area contributed by atoms with Gasteiger partial charge < -0.3 is 4.74 Å². The highest BCUT2D eigenvalue weighted by Crippen LogP contribution is 2.39. The number of rotatable bonds is 7. The van der Waals surface area contributed by atoms with Gasteiger partial charge in [-0.2, -0.15) is 5.10 Å². The minimum absolute atomic E-state index is 0.0216. The third-order valence-electron chi connectivity index (χ3n) is 4.90. The van der Waals surface area contributed by atoms with Gasteiger partial charge in [-0.15, -0.1) is 0 Å². The maximum atomic E-state index is 11.5. The van der Waals surface area contributed by atoms with Crippen molar-refractivity contribution in [1.82, 2.24) is 9.78 Å². The molecule has 1 aromatic heterocycles. The highest BCUT2D eigenvalue weighted by Gasteiger charge is 2.31. The monoisotopic (exact) mass is 318 g/mol. The fraction of sp³-hybridized carbons (Fsp3) is 0.684. The average molecular weight is 318 g/mol. The number of aromatic nitrogens is 2. The summed E-state index contributed by atoms with van der Waals surface area (Å²) in [5.41, 5.74) is 1.10. The second kappa shape index (κ2) is 8.32. The Morgan fingerprint density at radius 1 is 1.43 bits per heavy atom. The van der Waals surface area contributed by atoms with Gasteiger partial charge in [-0.25, -0.2) is 4.79 Å². The van der Waals surface area contributed by atoms with Gasteiger partial charge in [0.1, 0.15) is 0 Å². The Hall–Kier alpha value is -1.58. The topological polar surface area (TPSA) is 44.1 Å². The molecule has 2 rings (SSSR count). The van der Waals surface area contributed by atoms with Gasteiger partial charge in [-0.05, 0) is 31.7 Å². The summed E-state index contributed by atoms with van der Waals surface area (Å²) < 4.78 is 6.84. The smallest absolute Gasteiger partial charge is 0.330 e. The van der Waals surface area contributed by atoms with Crippen LogP contribution in [0.5, 0.6) is 0 Å². The Balaban J connectivity index is 2.08. The number of nitrogens with zero attached hydrogens (tertiary/aromatic N) is 2. The quantitative estimate of drug-likeness (QED) is 0.560. The van der Waals surface area contributed by atoms with Gasteiger partial charge in [-0.1, -0.05) is 45.1 Å². The van der Waals surface area contributed by atoms with Crippen molar-refractivity contribution in [1.29, 1.82) is 0 Å². The van der Waals surface area contributed by atoms with Crippen LogP contribution in [0.15, 0.2) is 24.4 Å². The van der Waals surface area contributed by atoms with E-state index in [2.05, 4.69) is 18.1 Å². The van der Waals surface area contributed by atoms with E-state index in [1.165, 1.54) is 32.1 Å². The summed E-state index contributed by atoms with van der Waals surface area (Å²) in [6, 6.07) is 2.11. The maximum absolute atomic E-state index is 11.5. The summed E-state index contributed by atoms with van der Waals surface area (Å²) >= 11 is 0. The van der Waals surface area contributed by atoms with Crippen LogP contribution in [0.3, 0.4) is 0 Å². The van der Waals surface area contributed by atoms with E-state index in [9.17, 15) is 4.79 Å². The van der Waals surface area contributed by atoms with Crippen LogP contribution in [0.2, 0.25) is 0 Å². The fourth-order valence-corrected chi connectivity index (χ4v) is 3.66. The zero-order chi connectivity index (χ0) is 16.7. The van der Waals surface area contributed by atoms with Crippen LogP contribution in [0.1, 0.15) is 64.5 Å². The van der Waals surface area contributed by atoms with Gasteiger partial charge in [0.05, 0.1) is 12.3 Å². The molecule has 0 aromatic carbocycles. The Morgan fingerprint density at radius 2 is 2.17 bits per heavy atom. The van der Waals surface area contributed by atoms with Crippen molar-refractivity contribution in [2.24, 2.45) is 13.0 Å². The molecule has 0 radical (unpaired) electrons. The van der Waals surface area contributed by atoms with E-state index in [0.717, 1.165) is 24.5 Å². The molecule has 4 heteroatoms. The summed E-state index contributed by atoms with van der Waals surface area (Å²) in [6.07, 6.45) is 14.2. The molecule has 1 heterocycles. The van der Waals surface area contributed by atoms with Gasteiger partial charge in [0.25, 0.3) is 0 Å². The molecule has 1 atom stereocenters. The summed E-state index contributed by atoms with van der Waals surface area (Å²) in [5, 5.41) is 4.65. The predicted octanol–water partition coefficient (Wildman–Crippen LogP) is 4.16. The van der Waals surface area contributed by atoms with Crippen LogP contribution in [0.4, 0.5) is 0 Å². The third-order valence-corrected chi connectivity index (χ3v) is 4.90. The first-order valence-electron chi connectivity index (χ1n) is 8.87. The third kappa shape index (κ3) is 5.22. The second-order valence-electron chi connectivity index (χ2n) is 7.00. The summed E-state index contributed by atoms with van der Waals surface area (Å²) in [4.78, 5) is 11.5. The molecule has 23 heavy (non-hydrogen) atoms. The molecular weight excluding hydrogens is 288 g/mol. The van der Waals surface area contributed by atoms with Crippen LogP contribution in [-0.4, -0.2) is 22.4 Å². The van der Waals surface area contributed by atoms with Crippen LogP contribution in [0.25, 0.3) is 0 Å². The van der Waals surface area contributed by atoms with Crippen molar-refractivity contribution in [3.05, 3.63) is 30.1 Å². The van der Waals surface area contributed by atoms with Crippen molar-refractivity contribution in [2.45, 2.75) is 64.2 Å². The van der Waals surface area contributed by atoms with Crippen molar-refractivity contribution in [3.8, 4) is 0 Å². The minimum atomic E-state index is -0.256. The number of esters is 1. The molecule has 0 amide bonds. The lowest BCUT2D eigenvalue weighted by atomic mass is 9.72. The van der Waals surface area contributed by atoms with Crippen LogP contribution in [0, 0.1) is 5.92 Å². The number of hydrogen-bond acceptors (Lipinski definition) is 3. The highest BCUT2D eigenvalue weighted by atomic mass is 16.5. The zero-order valence-corrected chi connectivity index (χ0v) is 14.8. The van der Waals surface area contributed by atoms with Crippen molar-refractivity contribution in [3.63, 3.8) is 0 Å². The average Bonchev–Trinajstić information content (AvgIpc) is 2.96. The lowest BCUT2D eigenvalue weighted by Crippen LogP contribution is -2.27. The molecule has 0 spiro atoms. The number of allylic oxidation sites excluding steroid dienone is 1. The van der Waals surface area contributed by atoms with E-state index >= 15 is 0 Å². The van der Waals surface area contributed by atoms with Gasteiger partial charge in [0.2, 0.25) is 0 Å². The summed E-state index contributed by atoms with van der Waals surface area (Å²) in [6.45, 7) is 4.52. The first-order valence-corrected chi connectivity index (χ1v) is 8.87. The Kier molecular flexibility index (Phi) is 6.43. The van der Waals surface area contributed by atoms with Gasteiger partial charge >= 0.3 is 5.97 Å². The molecule has 128 valence electrons. The summed E-state index contributed by atoms with van der Waals surface area (Å²) in [7, 11) is 1.96. The molecule has 1 fully saturated rings. The first kappa shape index (κ1) is 17.8. The molecule has 1 aromatic rings. The molecule has 1 unspecified atom stereocenters. The molecule has 4 nitrogen and oxygen atoms in total. The number of hydrogen-bond donors (Lipinski definition) is 0. The molecule has 0 N–H and O–H groups in total. The SMILES string of the molecule is CCOC(=O)/C=C/CC(C)(CC1CCCCC1)c1ccn(C)n1. The van der Waals surface area contributed by atoms with E-state index in [-0.39, 0.29) is 11.4 Å². The maximum Gasteiger partial charge on any atom is 0.330 e. The lowest BCUT2D eigenvalue weighted by Gasteiger charge is -2.33. The molecule has 1 aliphatic carbocycles. The van der Waals surface area contributed by atoms with Crippen molar-refractivity contribution in [2.75, 3.05) is 6.61 Å². The summed E-state index contributed by atoms with van der Waals surface area (Å²) in [5.74, 6) is 0.514. The highest BCUT2D eigenvalue weighted by molar-refractivity contribution is 5.81. The van der Waals surface area contributed by atoms with E-state index < -0.39 is 0 Å². The number of aryl methyl sites for hydroxylation is 1. The number of ether oxygens (including phenoxy) is 1. The van der Waals surface area contributed by atoms with Gasteiger partial charge in [0.15, 0.2) is 0 Å². The normalized spacial score (nSPS) is 18.9. The van der Waals surface area contributed by atoms with Crippen LogP contribution >= 0.6 is 0 Å². The van der Waals surface area contributed by atoms with E-state index in [0.29, 0.717) is 6.61 Å². The van der Waals surface area contributed by atoms with Crippen LogP contribution in [-0.2, 0) is 22.0 Å². The lowest BCUT2D eigenvalue weighted by molar-refractivity contribution is -0.137. The minimum Gasteiger partial charge on any atom is -0.463 e. The van der Waals surface area contributed by atoms with E-state index in [1.54, 1.807) is 6.08 Å². The second-order valence-corrected chi connectivity index (χ2v) is 7.00. The zero-order valence-electron chi connectivity index (χ0n) is 14.8. The van der Waals surface area contributed by atoms with Crippen LogP contribution < -0.4 is 0 Å². The molecule has 0 saturated heterocycles. The number of carbonyl (C=O) groups is 1. The van der Waals surface area contributed by atoms with Gasteiger partial charge in [0, 0.05) is 24.7 Å². The largest absolute Gasteiger partial charge is 0.463 e. The predicted molar refractivity (Wildman–Crippen MR) is 92.1 cm³/mol. The Morgan fingerprint density at radius 3 is 2.78 bits per heavy atom. The molecule has 0 aliphatic heterocycles. The Labute approximate surface area is 139 Å². The fourth-order valence-electron chi connectivity index (χ4n) is 3.66. The first-order chi connectivity index (χ1) is 11.0. The van der Waals surface area contributed by atoms with E-state index in [4.69, 9.17) is 4.74 Å². The molecule has 1 aliphatic rings. The Bertz CT molecular complexity index is 529. The van der Waals surface area contributed by atoms with Crippen molar-refractivity contribution < 1.29 is 9.53 Å². The van der Waals surface area contributed by atoms with E-state index in [1.807, 2.05) is 30.9 Å². The molecule has 0 bridgehead atoms. The van der Waals surface area contributed by atoms with Crippen molar-refractivity contribution >= 4 is 5.97 Å². The number of carbonyl (C=O) groups excluding carboxylic acids is 1.